The van der Waals surface area contributed by atoms with Crippen molar-refractivity contribution in [3.05, 3.63) is 6.92 Å². The van der Waals surface area contributed by atoms with Crippen LogP contribution in [0.1, 0.15) is 13.8 Å². The molecule has 0 spiro atoms. The van der Waals surface area contributed by atoms with Gasteiger partial charge in [-0.15, -0.1) is 0 Å². The maximum Gasteiger partial charge on any atom is 0 e. The van der Waals surface area contributed by atoms with Gasteiger partial charge in [0.15, 0.2) is 0 Å². The molecular weight excluding hydrogens is 187 g/mol. The third-order valence-electron chi connectivity index (χ3n) is 0.744. The van der Waals surface area contributed by atoms with Crippen molar-refractivity contribution in [2.45, 2.75) is 13.8 Å². The van der Waals surface area contributed by atoms with Crippen molar-refractivity contribution in [1.82, 2.24) is 4.90 Å². The van der Waals surface area contributed by atoms with Gasteiger partial charge in [-0.3, -0.25) is 0 Å². The molecule has 1 nitrogen and oxygen atoms in total. The maximum atomic E-state index is 3.97. The molecule has 0 aromatic rings. The molecule has 0 aliphatic heterocycles. The van der Waals surface area contributed by atoms with Gasteiger partial charge in [0, 0.05) is 32.7 Å². The van der Waals surface area contributed by atoms with Crippen LogP contribution in [-0.4, -0.2) is 25.5 Å². The summed E-state index contributed by atoms with van der Waals surface area (Å²) < 4.78 is 0. The number of hydrogen-bond donors (Lipinski definition) is 0. The van der Waals surface area contributed by atoms with E-state index < -0.39 is 0 Å². The van der Waals surface area contributed by atoms with Gasteiger partial charge in [-0.1, -0.05) is 13.8 Å². The summed E-state index contributed by atoms with van der Waals surface area (Å²) in [5.41, 5.74) is 0.198. The van der Waals surface area contributed by atoms with Crippen LogP contribution in [0.4, 0.5) is 0 Å². The van der Waals surface area contributed by atoms with Gasteiger partial charge >= 0.3 is 0 Å². The monoisotopic (exact) mass is 203 g/mol. The van der Waals surface area contributed by atoms with Crippen molar-refractivity contribution in [1.29, 1.82) is 0 Å². The van der Waals surface area contributed by atoms with Gasteiger partial charge in [0.05, 0.1) is 0 Å². The van der Waals surface area contributed by atoms with Crippen molar-refractivity contribution in [3.63, 3.8) is 0 Å². The predicted molar refractivity (Wildman–Crippen MR) is 37.7 cm³/mol. The van der Waals surface area contributed by atoms with Crippen molar-refractivity contribution in [2.24, 2.45) is 5.41 Å². The first-order valence-corrected chi connectivity index (χ1v) is 2.92. The van der Waals surface area contributed by atoms with E-state index in [-0.39, 0.29) is 38.1 Å². The van der Waals surface area contributed by atoms with E-state index in [9.17, 15) is 0 Å². The molecule has 0 unspecified atom stereocenters. The second kappa shape index (κ2) is 4.81. The van der Waals surface area contributed by atoms with Crippen molar-refractivity contribution >= 4 is 0 Å². The van der Waals surface area contributed by atoms with Gasteiger partial charge in [0.2, 0.25) is 0 Å². The van der Waals surface area contributed by atoms with Gasteiger partial charge in [-0.25, -0.2) is 0 Å². The zero-order chi connectivity index (χ0) is 6.78. The molecule has 1 radical (unpaired) electrons. The average Bonchev–Trinajstić information content (AvgIpc) is 1.21. The fraction of sp³-hybridized carbons (Fsp3) is 0.857. The van der Waals surface area contributed by atoms with Crippen LogP contribution in [0, 0.1) is 12.3 Å². The molecule has 0 N–H and O–H groups in total. The Morgan fingerprint density at radius 2 is 1.67 bits per heavy atom. The van der Waals surface area contributed by atoms with Crippen molar-refractivity contribution in [2.75, 3.05) is 20.6 Å². The average molecular weight is 203 g/mol. The van der Waals surface area contributed by atoms with E-state index in [2.05, 4.69) is 39.8 Å². The first kappa shape index (κ1) is 12.7. The third kappa shape index (κ3) is 12.3. The summed E-state index contributed by atoms with van der Waals surface area (Å²) in [6.07, 6.45) is 0. The van der Waals surface area contributed by atoms with E-state index in [4.69, 9.17) is 0 Å². The van der Waals surface area contributed by atoms with Crippen LogP contribution in [0.3, 0.4) is 0 Å². The Morgan fingerprint density at radius 1 is 1.33 bits per heavy atom. The van der Waals surface area contributed by atoms with Crippen LogP contribution >= 0.6 is 0 Å². The Labute approximate surface area is 84.1 Å². The first-order chi connectivity index (χ1) is 3.42. The van der Waals surface area contributed by atoms with Gasteiger partial charge < -0.3 is 11.8 Å². The molecule has 0 aliphatic carbocycles. The smallest absolute Gasteiger partial charge is 0 e. The minimum atomic E-state index is 0. The number of nitrogens with zero attached hydrogens (tertiary/aromatic N) is 1. The summed E-state index contributed by atoms with van der Waals surface area (Å²) in [6, 6.07) is 0. The Hall–Kier alpha value is 1.06. The van der Waals surface area contributed by atoms with Crippen molar-refractivity contribution in [3.8, 4) is 0 Å². The normalized spacial score (nSPS) is 11.3. The van der Waals surface area contributed by atoms with Gasteiger partial charge in [-0.2, -0.15) is 5.41 Å². The van der Waals surface area contributed by atoms with E-state index in [1.165, 1.54) is 0 Å². The summed E-state index contributed by atoms with van der Waals surface area (Å²) in [4.78, 5) is 2.15. The Balaban J connectivity index is 0. The standard InChI is InChI=1S/C7H16N.Y/c1-7(2,3)6-8(4)5;/h1,6H2,2-5H3;/q-1;. The molecule has 0 atom stereocenters. The van der Waals surface area contributed by atoms with Crippen LogP contribution in [-0.2, 0) is 32.7 Å². The summed E-state index contributed by atoms with van der Waals surface area (Å²) in [5, 5.41) is 0. The summed E-state index contributed by atoms with van der Waals surface area (Å²) >= 11 is 0. The zero-order valence-corrected chi connectivity index (χ0v) is 9.78. The molecule has 0 saturated heterocycles. The SMILES string of the molecule is [CH2-]C(C)(C)CN(C)C.[Y]. The Morgan fingerprint density at radius 3 is 1.67 bits per heavy atom. The van der Waals surface area contributed by atoms with Crippen LogP contribution < -0.4 is 0 Å². The molecule has 0 bridgehead atoms. The second-order valence-electron chi connectivity index (χ2n) is 3.40. The quantitative estimate of drug-likeness (QED) is 0.613. The van der Waals surface area contributed by atoms with E-state index in [0.717, 1.165) is 6.54 Å². The van der Waals surface area contributed by atoms with E-state index in [1.807, 2.05) is 0 Å². The Bertz CT molecular complexity index is 63.8. The van der Waals surface area contributed by atoms with Gasteiger partial charge in [0.1, 0.15) is 0 Å². The minimum absolute atomic E-state index is 0. The van der Waals surface area contributed by atoms with Crippen LogP contribution in [0.15, 0.2) is 0 Å². The molecule has 0 aromatic heterocycles. The molecule has 9 heavy (non-hydrogen) atoms. The molecule has 2 heteroatoms. The predicted octanol–water partition coefficient (Wildman–Crippen LogP) is 1.41. The zero-order valence-electron chi connectivity index (χ0n) is 6.94. The largest absolute Gasteiger partial charge is 0.337 e. The first-order valence-electron chi connectivity index (χ1n) is 2.92. The van der Waals surface area contributed by atoms with Crippen LogP contribution in [0.25, 0.3) is 0 Å². The number of rotatable bonds is 2. The molecule has 0 aromatic carbocycles. The van der Waals surface area contributed by atoms with E-state index >= 15 is 0 Å². The van der Waals surface area contributed by atoms with Gasteiger partial charge in [0.25, 0.3) is 0 Å². The summed E-state index contributed by atoms with van der Waals surface area (Å²) in [6.45, 7) is 9.28. The topological polar surface area (TPSA) is 3.24 Å². The molecule has 0 heterocycles. The van der Waals surface area contributed by atoms with Crippen molar-refractivity contribution < 1.29 is 32.7 Å². The molecule has 53 valence electrons. The maximum absolute atomic E-state index is 3.97. The molecule has 0 rings (SSSR count). The van der Waals surface area contributed by atoms with Crippen LogP contribution in [0.5, 0.6) is 0 Å². The molecule has 0 aliphatic rings. The second-order valence-corrected chi connectivity index (χ2v) is 3.40. The fourth-order valence-electron chi connectivity index (χ4n) is 0.856. The van der Waals surface area contributed by atoms with Gasteiger partial charge in [-0.05, 0) is 20.6 Å². The molecule has 0 saturated carbocycles. The third-order valence-corrected chi connectivity index (χ3v) is 0.744. The van der Waals surface area contributed by atoms with E-state index in [1.54, 1.807) is 0 Å². The summed E-state index contributed by atoms with van der Waals surface area (Å²) in [7, 11) is 4.12. The fourth-order valence-corrected chi connectivity index (χ4v) is 0.856. The Kier molecular flexibility index (Phi) is 6.80. The minimum Gasteiger partial charge on any atom is -0.337 e. The molecule has 0 amide bonds. The molecular formula is C7H16NY-. The van der Waals surface area contributed by atoms with E-state index in [0.29, 0.717) is 0 Å². The van der Waals surface area contributed by atoms with Crippen LogP contribution in [0.2, 0.25) is 0 Å². The number of hydrogen-bond acceptors (Lipinski definition) is 1. The molecule has 0 fully saturated rings. The summed E-state index contributed by atoms with van der Waals surface area (Å²) in [5.74, 6) is 0.